The molecule has 0 aliphatic heterocycles. The Balaban J connectivity index is 1.61. The van der Waals surface area contributed by atoms with Crippen LogP contribution >= 0.6 is 0 Å². The van der Waals surface area contributed by atoms with Gasteiger partial charge < -0.3 is 18.6 Å². The maximum Gasteiger partial charge on any atom is 0.419 e. The summed E-state index contributed by atoms with van der Waals surface area (Å²) in [5, 5.41) is 0. The number of nitrogens with zero attached hydrogens (tertiary/aromatic N) is 1. The molecule has 0 aliphatic rings. The van der Waals surface area contributed by atoms with Gasteiger partial charge >= 0.3 is 17.7 Å². The van der Waals surface area contributed by atoms with E-state index in [4.69, 9.17) is 9.15 Å². The minimum absolute atomic E-state index is 0.314. The van der Waals surface area contributed by atoms with Gasteiger partial charge in [-0.1, -0.05) is 0 Å². The summed E-state index contributed by atoms with van der Waals surface area (Å²) in [4.78, 5) is 35.1. The first-order valence-electron chi connectivity index (χ1n) is 8.56. The van der Waals surface area contributed by atoms with Crippen LogP contribution in [0.15, 0.2) is 51.7 Å². The molecular weight excluding hydrogens is 366 g/mol. The third-order valence-electron chi connectivity index (χ3n) is 4.16. The van der Waals surface area contributed by atoms with Gasteiger partial charge in [-0.3, -0.25) is 4.57 Å². The molecule has 146 valence electrons. The molecule has 0 aliphatic carbocycles. The van der Waals surface area contributed by atoms with E-state index in [9.17, 15) is 14.4 Å². The summed E-state index contributed by atoms with van der Waals surface area (Å²) < 4.78 is 21.6. The van der Waals surface area contributed by atoms with Crippen LogP contribution in [0.4, 0.5) is 0 Å². The standard InChI is InChI=1S/C20H19NO7/c1-25-18(22)13-4-7-15(8-5-13)27-11-3-10-21-16-9-6-14(19(23)26-2)12-17(16)28-20(21)24/h4-9,12H,3,10-11H2,1-2H3. The quantitative estimate of drug-likeness (QED) is 0.455. The summed E-state index contributed by atoms with van der Waals surface area (Å²) in [6, 6.07) is 11.3. The molecule has 0 fully saturated rings. The predicted molar refractivity (Wildman–Crippen MR) is 99.7 cm³/mol. The summed E-state index contributed by atoms with van der Waals surface area (Å²) in [6.45, 7) is 0.764. The van der Waals surface area contributed by atoms with E-state index in [1.807, 2.05) is 0 Å². The Morgan fingerprint density at radius 1 is 0.964 bits per heavy atom. The van der Waals surface area contributed by atoms with Gasteiger partial charge in [0.15, 0.2) is 5.58 Å². The molecule has 0 N–H and O–H groups in total. The molecule has 1 heterocycles. The fourth-order valence-electron chi connectivity index (χ4n) is 2.74. The lowest BCUT2D eigenvalue weighted by atomic mass is 10.2. The second-order valence-corrected chi connectivity index (χ2v) is 5.91. The van der Waals surface area contributed by atoms with Gasteiger partial charge in [-0.25, -0.2) is 14.4 Å². The summed E-state index contributed by atoms with van der Waals surface area (Å²) in [7, 11) is 2.61. The van der Waals surface area contributed by atoms with E-state index in [-0.39, 0.29) is 0 Å². The van der Waals surface area contributed by atoms with E-state index < -0.39 is 17.7 Å². The Morgan fingerprint density at radius 3 is 2.29 bits per heavy atom. The lowest BCUT2D eigenvalue weighted by Gasteiger charge is -2.07. The van der Waals surface area contributed by atoms with Crippen molar-refractivity contribution in [2.75, 3.05) is 20.8 Å². The number of esters is 2. The van der Waals surface area contributed by atoms with Gasteiger partial charge in [0.2, 0.25) is 0 Å². The lowest BCUT2D eigenvalue weighted by Crippen LogP contribution is -2.15. The molecule has 2 aromatic carbocycles. The van der Waals surface area contributed by atoms with Gasteiger partial charge in [0.25, 0.3) is 0 Å². The number of hydrogen-bond donors (Lipinski definition) is 0. The largest absolute Gasteiger partial charge is 0.494 e. The molecule has 28 heavy (non-hydrogen) atoms. The van der Waals surface area contributed by atoms with Crippen molar-refractivity contribution < 1.29 is 28.2 Å². The number of rotatable bonds is 7. The van der Waals surface area contributed by atoms with Crippen molar-refractivity contribution in [1.29, 1.82) is 0 Å². The highest BCUT2D eigenvalue weighted by Crippen LogP contribution is 2.17. The van der Waals surface area contributed by atoms with Gasteiger partial charge in [-0.2, -0.15) is 0 Å². The number of aryl methyl sites for hydroxylation is 1. The van der Waals surface area contributed by atoms with Crippen molar-refractivity contribution in [2.45, 2.75) is 13.0 Å². The fraction of sp³-hybridized carbons (Fsp3) is 0.250. The Morgan fingerprint density at radius 2 is 1.61 bits per heavy atom. The average molecular weight is 385 g/mol. The maximum absolute atomic E-state index is 12.1. The Labute approximate surface area is 160 Å². The molecule has 0 unspecified atom stereocenters. The molecule has 3 aromatic rings. The van der Waals surface area contributed by atoms with Crippen LogP contribution in [0.5, 0.6) is 5.75 Å². The summed E-state index contributed by atoms with van der Waals surface area (Å²) in [5.74, 6) is -0.795. The molecule has 0 spiro atoms. The van der Waals surface area contributed by atoms with Crippen molar-refractivity contribution in [3.8, 4) is 5.75 Å². The van der Waals surface area contributed by atoms with Crippen LogP contribution < -0.4 is 10.5 Å². The van der Waals surface area contributed by atoms with Gasteiger partial charge in [-0.05, 0) is 48.9 Å². The predicted octanol–water partition coefficient (Wildman–Crippen LogP) is 2.64. The SMILES string of the molecule is COC(=O)c1ccc(OCCCn2c(=O)oc3cc(C(=O)OC)ccc32)cc1. The zero-order chi connectivity index (χ0) is 20.1. The first-order chi connectivity index (χ1) is 13.5. The third-order valence-corrected chi connectivity index (χ3v) is 4.16. The van der Waals surface area contributed by atoms with Crippen LogP contribution in [0.3, 0.4) is 0 Å². The fourth-order valence-corrected chi connectivity index (χ4v) is 2.74. The molecule has 0 saturated carbocycles. The first-order valence-corrected chi connectivity index (χ1v) is 8.56. The van der Waals surface area contributed by atoms with Crippen molar-refractivity contribution in [3.05, 3.63) is 64.1 Å². The van der Waals surface area contributed by atoms with E-state index in [1.165, 1.54) is 24.9 Å². The smallest absolute Gasteiger partial charge is 0.419 e. The number of benzene rings is 2. The van der Waals surface area contributed by atoms with Crippen LogP contribution in [0.1, 0.15) is 27.1 Å². The van der Waals surface area contributed by atoms with Crippen LogP contribution in [0.2, 0.25) is 0 Å². The highest BCUT2D eigenvalue weighted by atomic mass is 16.5. The topological polar surface area (TPSA) is 97.0 Å². The normalized spacial score (nSPS) is 10.6. The van der Waals surface area contributed by atoms with E-state index >= 15 is 0 Å². The van der Waals surface area contributed by atoms with E-state index in [2.05, 4.69) is 9.47 Å². The zero-order valence-electron chi connectivity index (χ0n) is 15.5. The number of methoxy groups -OCH3 is 2. The average Bonchev–Trinajstić information content (AvgIpc) is 3.04. The number of aromatic nitrogens is 1. The molecular formula is C20H19NO7. The number of fused-ring (bicyclic) bond motifs is 1. The first kappa shape index (κ1) is 19.2. The number of hydrogen-bond acceptors (Lipinski definition) is 7. The summed E-state index contributed by atoms with van der Waals surface area (Å²) in [5.41, 5.74) is 1.68. The van der Waals surface area contributed by atoms with Crippen molar-refractivity contribution in [3.63, 3.8) is 0 Å². The zero-order valence-corrected chi connectivity index (χ0v) is 15.5. The van der Waals surface area contributed by atoms with E-state index in [1.54, 1.807) is 36.4 Å². The second kappa shape index (κ2) is 8.43. The molecule has 8 heteroatoms. The van der Waals surface area contributed by atoms with Gasteiger partial charge in [0.05, 0.1) is 37.5 Å². The van der Waals surface area contributed by atoms with Crippen LogP contribution in [0.25, 0.3) is 11.1 Å². The van der Waals surface area contributed by atoms with Crippen molar-refractivity contribution in [2.24, 2.45) is 0 Å². The maximum atomic E-state index is 12.1. The Bertz CT molecular complexity index is 1050. The molecule has 0 saturated heterocycles. The van der Waals surface area contributed by atoms with Gasteiger partial charge in [0, 0.05) is 6.54 Å². The van der Waals surface area contributed by atoms with Gasteiger partial charge in [0.1, 0.15) is 5.75 Å². The molecule has 1 aromatic heterocycles. The number of ether oxygens (including phenoxy) is 3. The number of carbonyl (C=O) groups excluding carboxylic acids is 2. The Kier molecular flexibility index (Phi) is 5.78. The monoisotopic (exact) mass is 385 g/mol. The second-order valence-electron chi connectivity index (χ2n) is 5.91. The third kappa shape index (κ3) is 4.06. The lowest BCUT2D eigenvalue weighted by molar-refractivity contribution is 0.0592. The highest BCUT2D eigenvalue weighted by molar-refractivity contribution is 5.93. The molecule has 3 rings (SSSR count). The summed E-state index contributed by atoms with van der Waals surface area (Å²) >= 11 is 0. The number of carbonyl (C=O) groups is 2. The summed E-state index contributed by atoms with van der Waals surface area (Å²) in [6.07, 6.45) is 0.562. The molecule has 0 atom stereocenters. The minimum atomic E-state index is -0.501. The van der Waals surface area contributed by atoms with Crippen LogP contribution in [-0.2, 0) is 16.0 Å². The molecule has 0 amide bonds. The highest BCUT2D eigenvalue weighted by Gasteiger charge is 2.13. The van der Waals surface area contributed by atoms with Crippen molar-refractivity contribution >= 4 is 23.0 Å². The van der Waals surface area contributed by atoms with E-state index in [0.29, 0.717) is 47.5 Å². The number of oxazole rings is 1. The van der Waals surface area contributed by atoms with Gasteiger partial charge in [-0.15, -0.1) is 0 Å². The van der Waals surface area contributed by atoms with Crippen LogP contribution in [-0.4, -0.2) is 37.3 Å². The van der Waals surface area contributed by atoms with E-state index in [0.717, 1.165) is 0 Å². The molecule has 0 bridgehead atoms. The molecule has 8 nitrogen and oxygen atoms in total. The molecule has 0 radical (unpaired) electrons. The Hall–Kier alpha value is -3.55. The minimum Gasteiger partial charge on any atom is -0.494 e. The van der Waals surface area contributed by atoms with Crippen LogP contribution in [0, 0.1) is 0 Å². The van der Waals surface area contributed by atoms with Crippen molar-refractivity contribution in [1.82, 2.24) is 4.57 Å².